The molecule has 1 fully saturated rings. The van der Waals surface area contributed by atoms with E-state index in [9.17, 15) is 9.59 Å². The molecule has 3 amide bonds. The molecule has 9 heteroatoms. The summed E-state index contributed by atoms with van der Waals surface area (Å²) in [5.74, 6) is -0.249. The van der Waals surface area contributed by atoms with Crippen LogP contribution < -0.4 is 10.6 Å². The molecule has 154 valence electrons. The molecule has 7 nitrogen and oxygen atoms in total. The fraction of sp³-hybridized carbons (Fsp3) is 0.238. The maximum Gasteiger partial charge on any atom is 0.318 e. The molecule has 2 aromatic carbocycles. The van der Waals surface area contributed by atoms with Crippen molar-refractivity contribution in [2.45, 2.75) is 25.4 Å². The van der Waals surface area contributed by atoms with Crippen LogP contribution in [0, 0.1) is 0 Å². The predicted octanol–water partition coefficient (Wildman–Crippen LogP) is 4.17. The molecule has 1 unspecified atom stereocenters. The summed E-state index contributed by atoms with van der Waals surface area (Å²) in [6.07, 6.45) is 1.40. The smallest absolute Gasteiger partial charge is 0.318 e. The lowest BCUT2D eigenvalue weighted by atomic mass is 10.2. The lowest BCUT2D eigenvalue weighted by molar-refractivity contribution is -0.119. The number of aromatic nitrogens is 2. The van der Waals surface area contributed by atoms with E-state index >= 15 is 0 Å². The summed E-state index contributed by atoms with van der Waals surface area (Å²) in [6, 6.07) is 16.2. The number of hydrogen-bond acceptors (Lipinski definition) is 5. The number of rotatable bonds is 5. The number of amides is 3. The highest BCUT2D eigenvalue weighted by Gasteiger charge is 2.34. The zero-order chi connectivity index (χ0) is 20.9. The summed E-state index contributed by atoms with van der Waals surface area (Å²) in [5.41, 5.74) is 1.88. The predicted molar refractivity (Wildman–Crippen MR) is 117 cm³/mol. The Morgan fingerprint density at radius 2 is 1.87 bits per heavy atom. The van der Waals surface area contributed by atoms with Gasteiger partial charge in [-0.15, -0.1) is 10.2 Å². The van der Waals surface area contributed by atoms with Crippen LogP contribution in [0.1, 0.15) is 18.4 Å². The van der Waals surface area contributed by atoms with E-state index in [2.05, 4.69) is 20.8 Å². The van der Waals surface area contributed by atoms with Crippen molar-refractivity contribution >= 4 is 40.0 Å². The van der Waals surface area contributed by atoms with Gasteiger partial charge in [0.1, 0.15) is 11.0 Å². The van der Waals surface area contributed by atoms with Gasteiger partial charge in [0.15, 0.2) is 0 Å². The molecule has 4 rings (SSSR count). The molecule has 1 atom stereocenters. The summed E-state index contributed by atoms with van der Waals surface area (Å²) in [7, 11) is 0. The third-order valence-corrected chi connectivity index (χ3v) is 5.99. The Kier molecular flexibility index (Phi) is 6.25. The Balaban J connectivity index is 1.36. The number of halogens is 1. The highest BCUT2D eigenvalue weighted by Crippen LogP contribution is 2.28. The van der Waals surface area contributed by atoms with Crippen LogP contribution in [-0.2, 0) is 11.3 Å². The lowest BCUT2D eigenvalue weighted by Gasteiger charge is -2.23. The van der Waals surface area contributed by atoms with E-state index in [0.29, 0.717) is 34.7 Å². The number of likely N-dealkylation sites (tertiary alicyclic amines) is 1. The minimum atomic E-state index is -0.524. The van der Waals surface area contributed by atoms with Gasteiger partial charge in [-0.05, 0) is 30.5 Å². The first-order valence-corrected chi connectivity index (χ1v) is 10.8. The normalized spacial score (nSPS) is 15.8. The Bertz CT molecular complexity index is 1030. The lowest BCUT2D eigenvalue weighted by Crippen LogP contribution is -2.47. The number of nitrogens with zero attached hydrogens (tertiary/aromatic N) is 3. The second-order valence-electron chi connectivity index (χ2n) is 6.90. The topological polar surface area (TPSA) is 87.2 Å². The van der Waals surface area contributed by atoms with Crippen molar-refractivity contribution in [1.29, 1.82) is 0 Å². The van der Waals surface area contributed by atoms with Gasteiger partial charge in [0, 0.05) is 23.7 Å². The molecular weight excluding hydrogens is 422 g/mol. The molecule has 0 spiro atoms. The summed E-state index contributed by atoms with van der Waals surface area (Å²) < 4.78 is 0. The van der Waals surface area contributed by atoms with Gasteiger partial charge in [0.05, 0.1) is 0 Å². The summed E-state index contributed by atoms with van der Waals surface area (Å²) in [4.78, 5) is 27.0. The van der Waals surface area contributed by atoms with Crippen LogP contribution >= 0.6 is 22.9 Å². The van der Waals surface area contributed by atoms with Crippen molar-refractivity contribution in [1.82, 2.24) is 20.4 Å². The molecule has 0 bridgehead atoms. The Morgan fingerprint density at radius 3 is 2.63 bits per heavy atom. The molecule has 0 saturated carbocycles. The van der Waals surface area contributed by atoms with E-state index in [1.165, 1.54) is 11.3 Å². The minimum Gasteiger partial charge on any atom is -0.334 e. The quantitative estimate of drug-likeness (QED) is 0.622. The summed E-state index contributed by atoms with van der Waals surface area (Å²) in [5, 5.41) is 15.6. The maximum absolute atomic E-state index is 12.8. The second kappa shape index (κ2) is 9.23. The monoisotopic (exact) mass is 441 g/mol. The van der Waals surface area contributed by atoms with Crippen LogP contribution in [0.5, 0.6) is 0 Å². The second-order valence-corrected chi connectivity index (χ2v) is 8.32. The summed E-state index contributed by atoms with van der Waals surface area (Å²) >= 11 is 7.20. The number of nitrogens with one attached hydrogen (secondary N) is 2. The number of carbonyl (C=O) groups excluding carboxylic acids is 2. The van der Waals surface area contributed by atoms with Gasteiger partial charge in [-0.2, -0.15) is 0 Å². The van der Waals surface area contributed by atoms with Crippen molar-refractivity contribution in [3.63, 3.8) is 0 Å². The molecule has 2 heterocycles. The Labute approximate surface area is 183 Å². The zero-order valence-corrected chi connectivity index (χ0v) is 17.6. The molecular formula is C21H20ClN5O2S. The fourth-order valence-corrected chi connectivity index (χ4v) is 4.21. The van der Waals surface area contributed by atoms with Crippen molar-refractivity contribution in [3.05, 3.63) is 65.2 Å². The number of anilines is 1. The molecule has 2 N–H and O–H groups in total. The van der Waals surface area contributed by atoms with Crippen LogP contribution in [0.2, 0.25) is 5.02 Å². The van der Waals surface area contributed by atoms with Crippen LogP contribution in [-0.4, -0.2) is 39.6 Å². The van der Waals surface area contributed by atoms with Crippen LogP contribution in [0.4, 0.5) is 9.93 Å². The van der Waals surface area contributed by atoms with Gasteiger partial charge in [-0.3, -0.25) is 10.1 Å². The Morgan fingerprint density at radius 1 is 1.10 bits per heavy atom. The first kappa shape index (κ1) is 20.3. The first-order valence-electron chi connectivity index (χ1n) is 9.59. The van der Waals surface area contributed by atoms with E-state index in [4.69, 9.17) is 11.6 Å². The molecule has 1 aliphatic heterocycles. The third kappa shape index (κ3) is 4.77. The first-order chi connectivity index (χ1) is 14.6. The number of hydrogen-bond donors (Lipinski definition) is 2. The standard InChI is InChI=1S/C21H20ClN5O2S/c22-16-10-8-15(9-11-16)19-25-26-20(30-19)24-18(28)17-7-4-12-27(17)21(29)23-13-14-5-2-1-3-6-14/h1-3,5-6,8-11,17H,4,7,12-13H2,(H,23,29)(H,24,26,28). The molecule has 0 aliphatic carbocycles. The van der Waals surface area contributed by atoms with Crippen LogP contribution in [0.3, 0.4) is 0 Å². The van der Waals surface area contributed by atoms with Crippen molar-refractivity contribution in [2.75, 3.05) is 11.9 Å². The van der Waals surface area contributed by atoms with Gasteiger partial charge in [0.25, 0.3) is 0 Å². The number of urea groups is 1. The number of benzene rings is 2. The van der Waals surface area contributed by atoms with E-state index < -0.39 is 6.04 Å². The van der Waals surface area contributed by atoms with Gasteiger partial charge in [-0.1, -0.05) is 65.4 Å². The molecule has 1 aromatic heterocycles. The van der Waals surface area contributed by atoms with Gasteiger partial charge < -0.3 is 10.2 Å². The van der Waals surface area contributed by atoms with Gasteiger partial charge >= 0.3 is 6.03 Å². The highest BCUT2D eigenvalue weighted by molar-refractivity contribution is 7.18. The third-order valence-electron chi connectivity index (χ3n) is 4.85. The largest absolute Gasteiger partial charge is 0.334 e. The molecule has 0 radical (unpaired) electrons. The molecule has 1 saturated heterocycles. The van der Waals surface area contributed by atoms with E-state index in [0.717, 1.165) is 17.5 Å². The van der Waals surface area contributed by atoms with Crippen molar-refractivity contribution in [2.24, 2.45) is 0 Å². The zero-order valence-electron chi connectivity index (χ0n) is 16.0. The maximum atomic E-state index is 12.8. The Hall–Kier alpha value is -2.97. The molecule has 30 heavy (non-hydrogen) atoms. The SMILES string of the molecule is O=C(Nc1nnc(-c2ccc(Cl)cc2)s1)C1CCCN1C(=O)NCc1ccccc1. The van der Waals surface area contributed by atoms with E-state index in [1.807, 2.05) is 42.5 Å². The van der Waals surface area contributed by atoms with Crippen LogP contribution in [0.25, 0.3) is 10.6 Å². The van der Waals surface area contributed by atoms with Crippen LogP contribution in [0.15, 0.2) is 54.6 Å². The van der Waals surface area contributed by atoms with E-state index in [-0.39, 0.29) is 11.9 Å². The summed E-state index contributed by atoms with van der Waals surface area (Å²) in [6.45, 7) is 0.968. The van der Waals surface area contributed by atoms with Gasteiger partial charge in [-0.25, -0.2) is 4.79 Å². The molecule has 1 aliphatic rings. The minimum absolute atomic E-state index is 0.240. The van der Waals surface area contributed by atoms with Crippen molar-refractivity contribution in [3.8, 4) is 10.6 Å². The average molecular weight is 442 g/mol. The van der Waals surface area contributed by atoms with Crippen molar-refractivity contribution < 1.29 is 9.59 Å². The highest BCUT2D eigenvalue weighted by atomic mass is 35.5. The average Bonchev–Trinajstić information content (AvgIpc) is 3.43. The number of carbonyl (C=O) groups is 2. The molecule has 3 aromatic rings. The van der Waals surface area contributed by atoms with E-state index in [1.54, 1.807) is 17.0 Å². The van der Waals surface area contributed by atoms with Gasteiger partial charge in [0.2, 0.25) is 11.0 Å². The fourth-order valence-electron chi connectivity index (χ4n) is 3.33.